The van der Waals surface area contributed by atoms with Gasteiger partial charge < -0.3 is 11.1 Å². The number of carbonyl (C=O) groups is 2. The highest BCUT2D eigenvalue weighted by atomic mass is 19.4. The van der Waals surface area contributed by atoms with Crippen molar-refractivity contribution in [3.8, 4) is 5.69 Å². The Labute approximate surface area is 186 Å². The number of benzene rings is 2. The number of alkyl halides is 3. The van der Waals surface area contributed by atoms with Crippen LogP contribution in [0.2, 0.25) is 0 Å². The van der Waals surface area contributed by atoms with E-state index < -0.39 is 29.6 Å². The van der Waals surface area contributed by atoms with Gasteiger partial charge in [0.05, 0.1) is 22.6 Å². The summed E-state index contributed by atoms with van der Waals surface area (Å²) in [5, 5.41) is 12.5. The molecular formula is C22H19F3N6O2. The maximum atomic E-state index is 13.1. The van der Waals surface area contributed by atoms with Crippen LogP contribution in [0.5, 0.6) is 0 Å². The Balaban J connectivity index is 1.62. The van der Waals surface area contributed by atoms with E-state index in [1.54, 1.807) is 37.3 Å². The van der Waals surface area contributed by atoms with Crippen molar-refractivity contribution in [1.29, 1.82) is 0 Å². The van der Waals surface area contributed by atoms with Crippen molar-refractivity contribution in [2.45, 2.75) is 25.6 Å². The largest absolute Gasteiger partial charge is 0.416 e. The zero-order valence-corrected chi connectivity index (χ0v) is 17.4. The Hall–Kier alpha value is -4.15. The van der Waals surface area contributed by atoms with Gasteiger partial charge in [0.2, 0.25) is 5.91 Å². The molecule has 170 valence electrons. The number of nitrogens with zero attached hydrogens (tertiary/aromatic N) is 4. The molecule has 3 aromatic rings. The number of aromatic nitrogens is 2. The number of halogens is 3. The lowest BCUT2D eigenvalue weighted by molar-refractivity contribution is -0.137. The number of nitrogens with one attached hydrogen (secondary N) is 1. The van der Waals surface area contributed by atoms with E-state index >= 15 is 0 Å². The minimum Gasteiger partial charge on any atom is -0.368 e. The van der Waals surface area contributed by atoms with Crippen LogP contribution < -0.4 is 16.1 Å². The third-order valence-electron chi connectivity index (χ3n) is 5.01. The second-order valence-corrected chi connectivity index (χ2v) is 7.43. The summed E-state index contributed by atoms with van der Waals surface area (Å²) < 4.78 is 40.6. The van der Waals surface area contributed by atoms with Gasteiger partial charge in [-0.3, -0.25) is 14.6 Å². The van der Waals surface area contributed by atoms with Crippen LogP contribution >= 0.6 is 0 Å². The smallest absolute Gasteiger partial charge is 0.368 e. The van der Waals surface area contributed by atoms with Crippen LogP contribution in [-0.4, -0.2) is 33.3 Å². The van der Waals surface area contributed by atoms with Gasteiger partial charge in [0.1, 0.15) is 17.6 Å². The summed E-state index contributed by atoms with van der Waals surface area (Å²) in [5.74, 6) is -1.10. The fraction of sp³-hybridized carbons (Fsp3) is 0.182. The van der Waals surface area contributed by atoms with Crippen LogP contribution in [0.1, 0.15) is 17.7 Å². The summed E-state index contributed by atoms with van der Waals surface area (Å²) >= 11 is 0. The number of hydrazone groups is 1. The molecule has 0 saturated heterocycles. The first-order chi connectivity index (χ1) is 15.6. The lowest BCUT2D eigenvalue weighted by Crippen LogP contribution is -2.39. The topological polar surface area (TPSA) is 106 Å². The standard InChI is InChI=1S/C22H19F3N6O2/c1-13-10-19(31(28-13)16-9-5-6-14(11-16)22(23,24)25)27-21(33)17-12-18(20(26)32)30(29-17)15-7-3-2-4-8-15/h2-11,18H,12H2,1H3,(H2,26,32)(H,27,33). The van der Waals surface area contributed by atoms with E-state index in [2.05, 4.69) is 15.5 Å². The Morgan fingerprint density at radius 1 is 1.06 bits per heavy atom. The number of hydrogen-bond acceptors (Lipinski definition) is 5. The summed E-state index contributed by atoms with van der Waals surface area (Å²) in [6, 6.07) is 14.1. The van der Waals surface area contributed by atoms with E-state index in [9.17, 15) is 22.8 Å². The summed E-state index contributed by atoms with van der Waals surface area (Å²) in [6.45, 7) is 1.65. The van der Waals surface area contributed by atoms with Crippen molar-refractivity contribution in [2.75, 3.05) is 10.3 Å². The first kappa shape index (κ1) is 22.1. The molecule has 0 radical (unpaired) electrons. The summed E-state index contributed by atoms with van der Waals surface area (Å²) in [5.41, 5.74) is 5.92. The first-order valence-corrected chi connectivity index (χ1v) is 9.90. The number of anilines is 2. The molecule has 4 rings (SSSR count). The number of para-hydroxylation sites is 1. The average Bonchev–Trinajstić information content (AvgIpc) is 3.38. The van der Waals surface area contributed by atoms with Gasteiger partial charge in [-0.2, -0.15) is 23.4 Å². The van der Waals surface area contributed by atoms with E-state index in [4.69, 9.17) is 5.73 Å². The van der Waals surface area contributed by atoms with Gasteiger partial charge in [0, 0.05) is 12.5 Å². The number of hydrogen-bond donors (Lipinski definition) is 2. The van der Waals surface area contributed by atoms with Crippen molar-refractivity contribution in [3.63, 3.8) is 0 Å². The number of nitrogens with two attached hydrogens (primary N) is 1. The highest BCUT2D eigenvalue weighted by Gasteiger charge is 2.35. The van der Waals surface area contributed by atoms with Crippen molar-refractivity contribution >= 4 is 29.0 Å². The molecule has 0 aliphatic carbocycles. The minimum absolute atomic E-state index is 0.0211. The van der Waals surface area contributed by atoms with Gasteiger partial charge in [-0.1, -0.05) is 24.3 Å². The number of rotatable bonds is 5. The van der Waals surface area contributed by atoms with Crippen LogP contribution in [0.15, 0.2) is 65.8 Å². The van der Waals surface area contributed by atoms with E-state index in [0.29, 0.717) is 11.4 Å². The van der Waals surface area contributed by atoms with E-state index in [0.717, 1.165) is 12.1 Å². The molecule has 8 nitrogen and oxygen atoms in total. The summed E-state index contributed by atoms with van der Waals surface area (Å²) in [7, 11) is 0. The molecule has 2 heterocycles. The maximum Gasteiger partial charge on any atom is 0.416 e. The fourth-order valence-electron chi connectivity index (χ4n) is 3.48. The molecule has 0 bridgehead atoms. The monoisotopic (exact) mass is 456 g/mol. The Morgan fingerprint density at radius 2 is 1.76 bits per heavy atom. The van der Waals surface area contributed by atoms with Crippen LogP contribution in [0, 0.1) is 6.92 Å². The second-order valence-electron chi connectivity index (χ2n) is 7.43. The van der Waals surface area contributed by atoms with Crippen LogP contribution in [0.25, 0.3) is 5.69 Å². The molecule has 1 aromatic heterocycles. The van der Waals surface area contributed by atoms with Crippen LogP contribution in [0.4, 0.5) is 24.7 Å². The van der Waals surface area contributed by atoms with Gasteiger partial charge in [-0.25, -0.2) is 4.68 Å². The molecule has 1 unspecified atom stereocenters. The predicted octanol–water partition coefficient (Wildman–Crippen LogP) is 3.26. The van der Waals surface area contributed by atoms with Crippen molar-refractivity contribution in [1.82, 2.24) is 9.78 Å². The zero-order chi connectivity index (χ0) is 23.8. The third kappa shape index (κ3) is 4.56. The molecule has 1 atom stereocenters. The first-order valence-electron chi connectivity index (χ1n) is 9.90. The zero-order valence-electron chi connectivity index (χ0n) is 17.4. The Morgan fingerprint density at radius 3 is 2.42 bits per heavy atom. The molecule has 33 heavy (non-hydrogen) atoms. The van der Waals surface area contributed by atoms with E-state index in [1.807, 2.05) is 0 Å². The van der Waals surface area contributed by atoms with Crippen molar-refractivity contribution < 1.29 is 22.8 Å². The highest BCUT2D eigenvalue weighted by Crippen LogP contribution is 2.31. The predicted molar refractivity (Wildman–Crippen MR) is 116 cm³/mol. The lowest BCUT2D eigenvalue weighted by Gasteiger charge is -2.20. The fourth-order valence-corrected chi connectivity index (χ4v) is 3.48. The van der Waals surface area contributed by atoms with Gasteiger partial charge in [0.15, 0.2) is 0 Å². The number of primary amides is 1. The number of carbonyl (C=O) groups excluding carboxylic acids is 2. The highest BCUT2D eigenvalue weighted by molar-refractivity contribution is 6.44. The molecule has 0 spiro atoms. The minimum atomic E-state index is -4.52. The number of amides is 2. The molecule has 1 aliphatic heterocycles. The van der Waals surface area contributed by atoms with Crippen molar-refractivity contribution in [3.05, 3.63) is 71.9 Å². The normalized spacial score (nSPS) is 15.9. The molecular weight excluding hydrogens is 437 g/mol. The maximum absolute atomic E-state index is 13.1. The molecule has 2 aromatic carbocycles. The van der Waals surface area contributed by atoms with Crippen LogP contribution in [-0.2, 0) is 15.8 Å². The van der Waals surface area contributed by atoms with Gasteiger partial charge in [0.25, 0.3) is 5.91 Å². The molecule has 3 N–H and O–H groups in total. The molecule has 1 aliphatic rings. The molecule has 2 amide bonds. The van der Waals surface area contributed by atoms with E-state index in [-0.39, 0.29) is 23.6 Å². The second kappa shape index (κ2) is 8.41. The Bertz CT molecular complexity index is 1240. The van der Waals surface area contributed by atoms with E-state index in [1.165, 1.54) is 27.9 Å². The SMILES string of the molecule is Cc1cc(NC(=O)C2=NN(c3ccccc3)C(C(N)=O)C2)n(-c2cccc(C(F)(F)F)c2)n1. The average molecular weight is 456 g/mol. The van der Waals surface area contributed by atoms with Gasteiger partial charge in [-0.05, 0) is 37.3 Å². The lowest BCUT2D eigenvalue weighted by atomic mass is 10.1. The van der Waals surface area contributed by atoms with Gasteiger partial charge in [-0.15, -0.1) is 0 Å². The van der Waals surface area contributed by atoms with Crippen LogP contribution in [0.3, 0.4) is 0 Å². The molecule has 0 saturated carbocycles. The summed E-state index contributed by atoms with van der Waals surface area (Å²) in [4.78, 5) is 24.9. The van der Waals surface area contributed by atoms with Gasteiger partial charge >= 0.3 is 6.18 Å². The summed E-state index contributed by atoms with van der Waals surface area (Å²) in [6.07, 6.45) is -4.54. The molecule has 11 heteroatoms. The number of aryl methyl sites for hydroxylation is 1. The third-order valence-corrected chi connectivity index (χ3v) is 5.01. The van der Waals surface area contributed by atoms with Crippen molar-refractivity contribution in [2.24, 2.45) is 10.8 Å². The Kier molecular flexibility index (Phi) is 5.62. The molecule has 0 fully saturated rings. The quantitative estimate of drug-likeness (QED) is 0.615.